The summed E-state index contributed by atoms with van der Waals surface area (Å²) < 4.78 is 39.6. The average Bonchev–Trinajstić information content (AvgIpc) is 3.15. The van der Waals surface area contributed by atoms with Crippen LogP contribution in [0.2, 0.25) is 0 Å². The number of nitrogens with zero attached hydrogens (tertiary/aromatic N) is 2. The van der Waals surface area contributed by atoms with Crippen LogP contribution in [0.3, 0.4) is 0 Å². The fraction of sp³-hybridized carbons (Fsp3) is 0.350. The first-order valence-electron chi connectivity index (χ1n) is 8.62. The zero-order valence-corrected chi connectivity index (χ0v) is 14.6. The van der Waals surface area contributed by atoms with Crippen molar-refractivity contribution in [2.75, 3.05) is 25.0 Å². The van der Waals surface area contributed by atoms with E-state index in [1.807, 2.05) is 24.3 Å². The van der Waals surface area contributed by atoms with Crippen molar-refractivity contribution in [3.8, 4) is 0 Å². The van der Waals surface area contributed by atoms with E-state index in [0.29, 0.717) is 0 Å². The Kier molecular flexibility index (Phi) is 5.20. The zero-order chi connectivity index (χ0) is 18.7. The normalized spacial score (nSPS) is 14.5. The van der Waals surface area contributed by atoms with Crippen molar-refractivity contribution >= 4 is 11.6 Å². The Balaban J connectivity index is 1.84. The van der Waals surface area contributed by atoms with Crippen LogP contribution in [-0.4, -0.2) is 30.9 Å². The molecule has 0 aromatic heterocycles. The molecule has 0 bridgehead atoms. The topological polar surface area (TPSA) is 23.6 Å². The summed E-state index contributed by atoms with van der Waals surface area (Å²) in [5.74, 6) is -0.630. The third-order valence-electron chi connectivity index (χ3n) is 4.66. The highest BCUT2D eigenvalue weighted by Crippen LogP contribution is 2.33. The Labute approximate surface area is 151 Å². The zero-order valence-electron chi connectivity index (χ0n) is 14.6. The number of carbonyl (C=O) groups excluding carboxylic acids is 1. The fourth-order valence-electron chi connectivity index (χ4n) is 3.36. The Morgan fingerprint density at radius 1 is 1.04 bits per heavy atom. The van der Waals surface area contributed by atoms with Gasteiger partial charge in [-0.05, 0) is 36.6 Å². The van der Waals surface area contributed by atoms with Gasteiger partial charge in [0.25, 0.3) is 5.91 Å². The van der Waals surface area contributed by atoms with Crippen molar-refractivity contribution < 1.29 is 18.0 Å². The molecule has 0 N–H and O–H groups in total. The number of carbonyl (C=O) groups is 1. The number of halogens is 3. The van der Waals surface area contributed by atoms with Crippen LogP contribution in [0, 0.1) is 0 Å². The number of hydrogen-bond acceptors (Lipinski definition) is 2. The molecule has 3 nitrogen and oxygen atoms in total. The van der Waals surface area contributed by atoms with Gasteiger partial charge in [0.1, 0.15) is 0 Å². The molecule has 1 fully saturated rings. The maximum Gasteiger partial charge on any atom is 0.417 e. The lowest BCUT2D eigenvalue weighted by molar-refractivity contribution is -0.138. The molecule has 2 aromatic rings. The summed E-state index contributed by atoms with van der Waals surface area (Å²) in [6.07, 6.45) is -2.30. The second kappa shape index (κ2) is 7.40. The lowest BCUT2D eigenvalue weighted by Gasteiger charge is -2.25. The van der Waals surface area contributed by atoms with E-state index in [0.717, 1.165) is 43.2 Å². The van der Waals surface area contributed by atoms with Crippen LogP contribution in [0.15, 0.2) is 48.5 Å². The van der Waals surface area contributed by atoms with Gasteiger partial charge in [-0.2, -0.15) is 13.2 Å². The average molecular weight is 362 g/mol. The second-order valence-electron chi connectivity index (χ2n) is 6.53. The van der Waals surface area contributed by atoms with Crippen molar-refractivity contribution in [2.45, 2.75) is 25.6 Å². The molecule has 138 valence electrons. The minimum Gasteiger partial charge on any atom is -0.371 e. The fourth-order valence-corrected chi connectivity index (χ4v) is 3.36. The summed E-state index contributed by atoms with van der Waals surface area (Å²) >= 11 is 0. The first kappa shape index (κ1) is 18.3. The van der Waals surface area contributed by atoms with Gasteiger partial charge in [0.15, 0.2) is 0 Å². The minimum atomic E-state index is -4.56. The number of alkyl halides is 3. The molecule has 2 aromatic carbocycles. The highest BCUT2D eigenvalue weighted by Gasteiger charge is 2.35. The van der Waals surface area contributed by atoms with Crippen LogP contribution in [0.25, 0.3) is 0 Å². The van der Waals surface area contributed by atoms with E-state index in [9.17, 15) is 18.0 Å². The molecule has 26 heavy (non-hydrogen) atoms. The van der Waals surface area contributed by atoms with E-state index in [1.165, 1.54) is 30.1 Å². The van der Waals surface area contributed by atoms with Crippen molar-refractivity contribution in [1.29, 1.82) is 0 Å². The predicted octanol–water partition coefficient (Wildman–Crippen LogP) is 4.58. The molecule has 1 saturated heterocycles. The number of hydrogen-bond donors (Lipinski definition) is 0. The van der Waals surface area contributed by atoms with Gasteiger partial charge in [-0.3, -0.25) is 4.79 Å². The highest BCUT2D eigenvalue weighted by molar-refractivity contribution is 5.95. The Morgan fingerprint density at radius 3 is 2.35 bits per heavy atom. The summed E-state index contributed by atoms with van der Waals surface area (Å²) in [5.41, 5.74) is 0.773. The summed E-state index contributed by atoms with van der Waals surface area (Å²) in [5, 5.41) is 0. The number of amides is 1. The van der Waals surface area contributed by atoms with Crippen molar-refractivity contribution in [3.05, 3.63) is 65.2 Å². The molecule has 1 heterocycles. The smallest absolute Gasteiger partial charge is 0.371 e. The largest absolute Gasteiger partial charge is 0.417 e. The van der Waals surface area contributed by atoms with Crippen LogP contribution in [-0.2, 0) is 12.7 Å². The predicted molar refractivity (Wildman–Crippen MR) is 95.1 cm³/mol. The van der Waals surface area contributed by atoms with E-state index in [2.05, 4.69) is 4.90 Å². The second-order valence-corrected chi connectivity index (χ2v) is 6.53. The van der Waals surface area contributed by atoms with Crippen LogP contribution >= 0.6 is 0 Å². The standard InChI is InChI=1S/C20H21F3N2O/c1-24(19(26)16-9-3-4-10-17(16)20(21,22)23)14-15-8-2-5-11-18(15)25-12-6-7-13-25/h2-5,8-11H,6-7,12-14H2,1H3. The molecule has 1 aliphatic rings. The van der Waals surface area contributed by atoms with Gasteiger partial charge in [-0.1, -0.05) is 30.3 Å². The summed E-state index contributed by atoms with van der Waals surface area (Å²) in [7, 11) is 1.54. The summed E-state index contributed by atoms with van der Waals surface area (Å²) in [6.45, 7) is 2.19. The lowest BCUT2D eigenvalue weighted by atomic mass is 10.1. The van der Waals surface area contributed by atoms with Gasteiger partial charge >= 0.3 is 6.18 Å². The minimum absolute atomic E-state index is 0.262. The van der Waals surface area contributed by atoms with Crippen molar-refractivity contribution in [2.24, 2.45) is 0 Å². The molecule has 0 aliphatic carbocycles. The molecular formula is C20H21F3N2O. The number of para-hydroxylation sites is 1. The SMILES string of the molecule is CN(Cc1ccccc1N1CCCC1)C(=O)c1ccccc1C(F)(F)F. The van der Waals surface area contributed by atoms with Gasteiger partial charge < -0.3 is 9.80 Å². The van der Waals surface area contributed by atoms with Gasteiger partial charge in [-0.25, -0.2) is 0 Å². The number of rotatable bonds is 4. The van der Waals surface area contributed by atoms with E-state index < -0.39 is 17.6 Å². The molecular weight excluding hydrogens is 341 g/mol. The first-order valence-corrected chi connectivity index (χ1v) is 8.62. The third kappa shape index (κ3) is 3.84. The van der Waals surface area contributed by atoms with Gasteiger partial charge in [-0.15, -0.1) is 0 Å². The Bertz CT molecular complexity index is 783. The molecule has 1 aliphatic heterocycles. The van der Waals surface area contributed by atoms with Gasteiger partial charge in [0.2, 0.25) is 0 Å². The molecule has 1 amide bonds. The van der Waals surface area contributed by atoms with Crippen LogP contribution in [0.1, 0.15) is 34.3 Å². The van der Waals surface area contributed by atoms with E-state index in [4.69, 9.17) is 0 Å². The third-order valence-corrected chi connectivity index (χ3v) is 4.66. The molecule has 0 spiro atoms. The molecule has 0 unspecified atom stereocenters. The maximum atomic E-state index is 13.2. The van der Waals surface area contributed by atoms with Crippen LogP contribution in [0.5, 0.6) is 0 Å². The van der Waals surface area contributed by atoms with Gasteiger partial charge in [0.05, 0.1) is 11.1 Å². The Morgan fingerprint density at radius 2 is 1.65 bits per heavy atom. The van der Waals surface area contributed by atoms with E-state index in [-0.39, 0.29) is 12.1 Å². The van der Waals surface area contributed by atoms with Crippen LogP contribution in [0.4, 0.5) is 18.9 Å². The first-order chi connectivity index (χ1) is 12.4. The number of anilines is 1. The molecule has 6 heteroatoms. The van der Waals surface area contributed by atoms with Crippen LogP contribution < -0.4 is 4.90 Å². The lowest BCUT2D eigenvalue weighted by Crippen LogP contribution is -2.29. The quantitative estimate of drug-likeness (QED) is 0.795. The highest BCUT2D eigenvalue weighted by atomic mass is 19.4. The maximum absolute atomic E-state index is 13.2. The van der Waals surface area contributed by atoms with E-state index >= 15 is 0 Å². The van der Waals surface area contributed by atoms with Crippen molar-refractivity contribution in [3.63, 3.8) is 0 Å². The molecule has 0 atom stereocenters. The summed E-state index contributed by atoms with van der Waals surface area (Å²) in [4.78, 5) is 16.3. The molecule has 0 saturated carbocycles. The monoisotopic (exact) mass is 362 g/mol. The number of benzene rings is 2. The van der Waals surface area contributed by atoms with E-state index in [1.54, 1.807) is 0 Å². The van der Waals surface area contributed by atoms with Gasteiger partial charge in [0, 0.05) is 32.4 Å². The van der Waals surface area contributed by atoms with Crippen molar-refractivity contribution in [1.82, 2.24) is 4.90 Å². The summed E-state index contributed by atoms with van der Waals surface area (Å²) in [6, 6.07) is 12.7. The molecule has 0 radical (unpaired) electrons. The Hall–Kier alpha value is -2.50. The molecule has 3 rings (SSSR count).